The molecule has 0 aliphatic carbocycles. The van der Waals surface area contributed by atoms with E-state index in [0.717, 1.165) is 0 Å². The van der Waals surface area contributed by atoms with Crippen molar-refractivity contribution in [2.24, 2.45) is 0 Å². The third kappa shape index (κ3) is 2.11. The quantitative estimate of drug-likeness (QED) is 0.667. The highest BCUT2D eigenvalue weighted by molar-refractivity contribution is 6.03. The van der Waals surface area contributed by atoms with Crippen LogP contribution in [-0.4, -0.2) is 21.1 Å². The van der Waals surface area contributed by atoms with Crippen molar-refractivity contribution in [3.63, 3.8) is 0 Å². The first-order valence-corrected chi connectivity index (χ1v) is 4.28. The van der Waals surface area contributed by atoms with Gasteiger partial charge in [0.05, 0.1) is 11.9 Å². The van der Waals surface area contributed by atoms with Gasteiger partial charge >= 0.3 is 0 Å². The normalized spacial score (nSPS) is 9.87. The molecule has 0 saturated carbocycles. The summed E-state index contributed by atoms with van der Waals surface area (Å²) in [5.41, 5.74) is 6.31. The largest absolute Gasteiger partial charge is 0.382 e. The van der Waals surface area contributed by atoms with Gasteiger partial charge < -0.3 is 11.1 Å². The molecule has 4 N–H and O–H groups in total. The summed E-state index contributed by atoms with van der Waals surface area (Å²) in [6.45, 7) is 0. The van der Waals surface area contributed by atoms with Crippen LogP contribution in [0.1, 0.15) is 10.5 Å². The summed E-state index contributed by atoms with van der Waals surface area (Å²) in [7, 11) is 0. The van der Waals surface area contributed by atoms with E-state index in [0.29, 0.717) is 11.4 Å². The number of nitrogens with zero attached hydrogens (tertiary/aromatic N) is 2. The number of hydrogen-bond acceptors (Lipinski definition) is 4. The Hall–Kier alpha value is -2.37. The van der Waals surface area contributed by atoms with Gasteiger partial charge in [-0.15, -0.1) is 0 Å². The fourth-order valence-electron chi connectivity index (χ4n) is 1.09. The van der Waals surface area contributed by atoms with E-state index in [1.807, 2.05) is 0 Å². The average molecular weight is 203 g/mol. The topological polar surface area (TPSA) is 96.7 Å². The molecule has 0 saturated heterocycles. The molecule has 0 unspecified atom stereocenters. The molecule has 0 radical (unpaired) electrons. The average Bonchev–Trinajstić information content (AvgIpc) is 2.66. The Kier molecular flexibility index (Phi) is 2.32. The van der Waals surface area contributed by atoms with E-state index in [4.69, 9.17) is 5.73 Å². The molecule has 6 nitrogen and oxygen atoms in total. The Labute approximate surface area is 85.5 Å². The summed E-state index contributed by atoms with van der Waals surface area (Å²) in [5, 5.41) is 8.82. The van der Waals surface area contributed by atoms with E-state index in [1.165, 1.54) is 6.07 Å². The molecule has 76 valence electrons. The summed E-state index contributed by atoms with van der Waals surface area (Å²) in [6, 6.07) is 4.94. The van der Waals surface area contributed by atoms with Crippen LogP contribution in [0.2, 0.25) is 0 Å². The summed E-state index contributed by atoms with van der Waals surface area (Å²) < 4.78 is 0. The number of nitrogens with one attached hydrogen (secondary N) is 2. The SMILES string of the molecule is Nc1cc(C(=O)Nc2cccnc2)[nH]n1. The molecular weight excluding hydrogens is 194 g/mol. The number of hydrogen-bond donors (Lipinski definition) is 3. The molecule has 0 aromatic carbocycles. The summed E-state index contributed by atoms with van der Waals surface area (Å²) in [6.07, 6.45) is 3.18. The van der Waals surface area contributed by atoms with Crippen LogP contribution in [0, 0.1) is 0 Å². The third-order valence-corrected chi connectivity index (χ3v) is 1.76. The molecule has 15 heavy (non-hydrogen) atoms. The number of H-pyrrole nitrogens is 1. The lowest BCUT2D eigenvalue weighted by Crippen LogP contribution is -2.12. The number of carbonyl (C=O) groups excluding carboxylic acids is 1. The van der Waals surface area contributed by atoms with Gasteiger partial charge in [0.1, 0.15) is 11.5 Å². The Bertz CT molecular complexity index is 464. The number of carbonyl (C=O) groups is 1. The van der Waals surface area contributed by atoms with Crippen molar-refractivity contribution in [2.75, 3.05) is 11.1 Å². The first kappa shape index (κ1) is 9.20. The van der Waals surface area contributed by atoms with Crippen molar-refractivity contribution >= 4 is 17.4 Å². The van der Waals surface area contributed by atoms with Gasteiger partial charge in [-0.05, 0) is 12.1 Å². The monoisotopic (exact) mass is 203 g/mol. The van der Waals surface area contributed by atoms with E-state index in [9.17, 15) is 4.79 Å². The zero-order valence-electron chi connectivity index (χ0n) is 7.77. The van der Waals surface area contributed by atoms with Gasteiger partial charge in [0.15, 0.2) is 0 Å². The van der Waals surface area contributed by atoms with E-state index in [1.54, 1.807) is 24.5 Å². The minimum absolute atomic E-state index is 0.284. The van der Waals surface area contributed by atoms with Crippen LogP contribution in [-0.2, 0) is 0 Å². The van der Waals surface area contributed by atoms with E-state index in [2.05, 4.69) is 20.5 Å². The standard InChI is InChI=1S/C9H9N5O/c10-8-4-7(13-14-8)9(15)12-6-2-1-3-11-5-6/h1-5H,(H,12,15)(H3,10,13,14). The number of aromatic amines is 1. The molecule has 2 aromatic heterocycles. The maximum absolute atomic E-state index is 11.6. The fourth-order valence-corrected chi connectivity index (χ4v) is 1.09. The summed E-state index contributed by atoms with van der Waals surface area (Å²) in [5.74, 6) is -0.0152. The minimum Gasteiger partial charge on any atom is -0.382 e. The number of nitrogen functional groups attached to an aromatic ring is 1. The molecule has 0 bridgehead atoms. The molecule has 0 aliphatic rings. The molecule has 2 rings (SSSR count). The third-order valence-electron chi connectivity index (χ3n) is 1.76. The predicted octanol–water partition coefficient (Wildman–Crippen LogP) is 0.639. The maximum Gasteiger partial charge on any atom is 0.273 e. The lowest BCUT2D eigenvalue weighted by atomic mass is 10.3. The van der Waals surface area contributed by atoms with Gasteiger partial charge in [-0.1, -0.05) is 0 Å². The molecule has 6 heteroatoms. The van der Waals surface area contributed by atoms with E-state index >= 15 is 0 Å². The van der Waals surface area contributed by atoms with Crippen LogP contribution in [0.15, 0.2) is 30.6 Å². The number of nitrogens with two attached hydrogens (primary N) is 1. The predicted molar refractivity (Wildman–Crippen MR) is 55.2 cm³/mol. The highest BCUT2D eigenvalue weighted by Crippen LogP contribution is 2.06. The first-order chi connectivity index (χ1) is 7.25. The first-order valence-electron chi connectivity index (χ1n) is 4.28. The van der Waals surface area contributed by atoms with Gasteiger partial charge in [-0.25, -0.2) is 0 Å². The van der Waals surface area contributed by atoms with Gasteiger partial charge in [0.25, 0.3) is 5.91 Å². The Morgan fingerprint density at radius 1 is 1.53 bits per heavy atom. The molecule has 0 spiro atoms. The van der Waals surface area contributed by atoms with Gasteiger partial charge in [-0.3, -0.25) is 14.9 Å². The molecule has 0 fully saturated rings. The molecular formula is C9H9N5O. The van der Waals surface area contributed by atoms with Crippen molar-refractivity contribution in [3.8, 4) is 0 Å². The van der Waals surface area contributed by atoms with Crippen LogP contribution in [0.4, 0.5) is 11.5 Å². The number of amides is 1. The minimum atomic E-state index is -0.299. The van der Waals surface area contributed by atoms with Gasteiger partial charge in [-0.2, -0.15) is 5.10 Å². The number of rotatable bonds is 2. The molecule has 0 atom stereocenters. The molecule has 2 aromatic rings. The van der Waals surface area contributed by atoms with Gasteiger partial charge in [0, 0.05) is 12.3 Å². The second-order valence-electron chi connectivity index (χ2n) is 2.90. The number of anilines is 2. The molecule has 1 amide bonds. The van der Waals surface area contributed by atoms with Crippen LogP contribution < -0.4 is 11.1 Å². The lowest BCUT2D eigenvalue weighted by Gasteiger charge is -2.01. The zero-order chi connectivity index (χ0) is 10.7. The molecule has 0 aliphatic heterocycles. The Morgan fingerprint density at radius 2 is 2.40 bits per heavy atom. The summed E-state index contributed by atoms with van der Waals surface area (Å²) in [4.78, 5) is 15.4. The summed E-state index contributed by atoms with van der Waals surface area (Å²) >= 11 is 0. The van der Waals surface area contributed by atoms with Crippen molar-refractivity contribution in [1.29, 1.82) is 0 Å². The van der Waals surface area contributed by atoms with Crippen LogP contribution in [0.25, 0.3) is 0 Å². The lowest BCUT2D eigenvalue weighted by molar-refractivity contribution is 0.102. The van der Waals surface area contributed by atoms with E-state index in [-0.39, 0.29) is 11.7 Å². The van der Waals surface area contributed by atoms with E-state index < -0.39 is 0 Å². The van der Waals surface area contributed by atoms with Crippen molar-refractivity contribution in [2.45, 2.75) is 0 Å². The Balaban J connectivity index is 2.11. The fraction of sp³-hybridized carbons (Fsp3) is 0. The maximum atomic E-state index is 11.6. The second kappa shape index (κ2) is 3.79. The number of pyridine rings is 1. The van der Waals surface area contributed by atoms with Crippen LogP contribution >= 0.6 is 0 Å². The van der Waals surface area contributed by atoms with Crippen LogP contribution in [0.5, 0.6) is 0 Å². The van der Waals surface area contributed by atoms with Gasteiger partial charge in [0.2, 0.25) is 0 Å². The smallest absolute Gasteiger partial charge is 0.273 e. The number of aromatic nitrogens is 3. The zero-order valence-corrected chi connectivity index (χ0v) is 7.77. The van der Waals surface area contributed by atoms with Crippen molar-refractivity contribution < 1.29 is 4.79 Å². The highest BCUT2D eigenvalue weighted by atomic mass is 16.1. The van der Waals surface area contributed by atoms with Crippen molar-refractivity contribution in [3.05, 3.63) is 36.3 Å². The Morgan fingerprint density at radius 3 is 3.00 bits per heavy atom. The molecule has 2 heterocycles. The van der Waals surface area contributed by atoms with Crippen LogP contribution in [0.3, 0.4) is 0 Å². The second-order valence-corrected chi connectivity index (χ2v) is 2.90. The van der Waals surface area contributed by atoms with Crippen molar-refractivity contribution in [1.82, 2.24) is 15.2 Å². The highest BCUT2D eigenvalue weighted by Gasteiger charge is 2.08.